The van der Waals surface area contributed by atoms with Crippen LogP contribution in [0.3, 0.4) is 0 Å². The van der Waals surface area contributed by atoms with Crippen molar-refractivity contribution in [2.24, 2.45) is 10.4 Å². The topological polar surface area (TPSA) is 36.9 Å². The van der Waals surface area contributed by atoms with Crippen molar-refractivity contribution in [1.29, 1.82) is 0 Å². The first-order valence-corrected chi connectivity index (χ1v) is 7.61. The quantitative estimate of drug-likeness (QED) is 0.438. The van der Waals surface area contributed by atoms with Gasteiger partial charge in [0, 0.05) is 39.9 Å². The molecule has 0 amide bonds. The number of likely N-dealkylation sites (tertiary alicyclic amines) is 1. The zero-order valence-electron chi connectivity index (χ0n) is 13.2. The molecule has 0 atom stereocenters. The molecule has 0 aromatic rings. The van der Waals surface area contributed by atoms with E-state index in [1.54, 1.807) is 7.11 Å². The standard InChI is InChI=1S/C15H31N3O/c1-5-16-14(17-10-7-6-8-12-19-4)18-11-9-15(2,3)13-18/h5-13H2,1-4H3,(H,16,17). The minimum absolute atomic E-state index is 0.425. The van der Waals surface area contributed by atoms with Gasteiger partial charge >= 0.3 is 0 Å². The summed E-state index contributed by atoms with van der Waals surface area (Å²) in [4.78, 5) is 7.15. The molecule has 112 valence electrons. The maximum absolute atomic E-state index is 5.06. The number of nitrogens with zero attached hydrogens (tertiary/aromatic N) is 2. The normalized spacial score (nSPS) is 18.9. The lowest BCUT2D eigenvalue weighted by Crippen LogP contribution is -2.40. The van der Waals surface area contributed by atoms with Crippen molar-refractivity contribution in [3.8, 4) is 0 Å². The molecule has 0 radical (unpaired) electrons. The number of unbranched alkanes of at least 4 members (excludes halogenated alkanes) is 2. The molecule has 1 N–H and O–H groups in total. The molecule has 1 fully saturated rings. The Morgan fingerprint density at radius 1 is 1.32 bits per heavy atom. The van der Waals surface area contributed by atoms with Crippen LogP contribution in [-0.2, 0) is 4.74 Å². The summed E-state index contributed by atoms with van der Waals surface area (Å²) in [5, 5.41) is 3.42. The molecule has 0 unspecified atom stereocenters. The lowest BCUT2D eigenvalue weighted by molar-refractivity contribution is 0.192. The first kappa shape index (κ1) is 16.3. The fourth-order valence-electron chi connectivity index (χ4n) is 2.44. The van der Waals surface area contributed by atoms with Gasteiger partial charge < -0.3 is 15.0 Å². The fraction of sp³-hybridized carbons (Fsp3) is 0.933. The largest absolute Gasteiger partial charge is 0.385 e. The van der Waals surface area contributed by atoms with Crippen molar-refractivity contribution in [2.45, 2.75) is 46.5 Å². The smallest absolute Gasteiger partial charge is 0.193 e. The van der Waals surface area contributed by atoms with Crippen LogP contribution in [0, 0.1) is 5.41 Å². The van der Waals surface area contributed by atoms with E-state index in [0.29, 0.717) is 5.41 Å². The van der Waals surface area contributed by atoms with Crippen LogP contribution in [-0.4, -0.2) is 50.8 Å². The van der Waals surface area contributed by atoms with Gasteiger partial charge in [-0.1, -0.05) is 13.8 Å². The molecule has 4 nitrogen and oxygen atoms in total. The highest BCUT2D eigenvalue weighted by atomic mass is 16.5. The summed E-state index contributed by atoms with van der Waals surface area (Å²) in [6, 6.07) is 0. The van der Waals surface area contributed by atoms with Crippen molar-refractivity contribution >= 4 is 5.96 Å². The van der Waals surface area contributed by atoms with Gasteiger partial charge in [0.05, 0.1) is 0 Å². The number of hydrogen-bond acceptors (Lipinski definition) is 2. The fourth-order valence-corrected chi connectivity index (χ4v) is 2.44. The van der Waals surface area contributed by atoms with Gasteiger partial charge in [0.25, 0.3) is 0 Å². The molecule has 0 aliphatic carbocycles. The molecule has 1 rings (SSSR count). The van der Waals surface area contributed by atoms with Crippen molar-refractivity contribution in [2.75, 3.05) is 39.9 Å². The molecule has 1 aliphatic rings. The first-order valence-electron chi connectivity index (χ1n) is 7.61. The molecule has 0 spiro atoms. The third-order valence-electron chi connectivity index (χ3n) is 3.58. The Morgan fingerprint density at radius 3 is 2.68 bits per heavy atom. The van der Waals surface area contributed by atoms with Gasteiger partial charge in [0.15, 0.2) is 5.96 Å². The van der Waals surface area contributed by atoms with Gasteiger partial charge in [0.2, 0.25) is 0 Å². The summed E-state index contributed by atoms with van der Waals surface area (Å²) >= 11 is 0. The lowest BCUT2D eigenvalue weighted by Gasteiger charge is -2.23. The molecule has 0 aromatic carbocycles. The number of rotatable bonds is 7. The molecule has 1 heterocycles. The van der Waals surface area contributed by atoms with Crippen LogP contribution >= 0.6 is 0 Å². The zero-order chi connectivity index (χ0) is 14.1. The van der Waals surface area contributed by atoms with E-state index in [9.17, 15) is 0 Å². The molecule has 0 aromatic heterocycles. The number of aliphatic imine (C=N–C) groups is 1. The predicted molar refractivity (Wildman–Crippen MR) is 81.7 cm³/mol. The van der Waals surface area contributed by atoms with Crippen LogP contribution in [0.5, 0.6) is 0 Å². The predicted octanol–water partition coefficient (Wildman–Crippen LogP) is 2.50. The van der Waals surface area contributed by atoms with Crippen molar-refractivity contribution < 1.29 is 4.74 Å². The van der Waals surface area contributed by atoms with E-state index in [1.807, 2.05) is 0 Å². The van der Waals surface area contributed by atoms with Gasteiger partial charge in [-0.25, -0.2) is 0 Å². The summed E-state index contributed by atoms with van der Waals surface area (Å²) in [7, 11) is 1.76. The average molecular weight is 269 g/mol. The number of methoxy groups -OCH3 is 1. The third-order valence-corrected chi connectivity index (χ3v) is 3.58. The molecule has 0 saturated carbocycles. The molecule has 0 bridgehead atoms. The van der Waals surface area contributed by atoms with Crippen LogP contribution in [0.2, 0.25) is 0 Å². The Morgan fingerprint density at radius 2 is 2.11 bits per heavy atom. The van der Waals surface area contributed by atoms with Crippen molar-refractivity contribution in [3.63, 3.8) is 0 Å². The number of nitrogens with one attached hydrogen (secondary N) is 1. The maximum atomic E-state index is 5.06. The summed E-state index contributed by atoms with van der Waals surface area (Å²) in [6.07, 6.45) is 4.74. The first-order chi connectivity index (χ1) is 9.09. The number of ether oxygens (including phenoxy) is 1. The molecule has 1 saturated heterocycles. The van der Waals surface area contributed by atoms with E-state index in [0.717, 1.165) is 51.6 Å². The van der Waals surface area contributed by atoms with E-state index < -0.39 is 0 Å². The third kappa shape index (κ3) is 6.28. The maximum Gasteiger partial charge on any atom is 0.193 e. The Labute approximate surface area is 118 Å². The van der Waals surface area contributed by atoms with Gasteiger partial charge in [-0.2, -0.15) is 0 Å². The lowest BCUT2D eigenvalue weighted by atomic mass is 9.93. The van der Waals surface area contributed by atoms with Crippen LogP contribution in [0.25, 0.3) is 0 Å². The highest BCUT2D eigenvalue weighted by Gasteiger charge is 2.30. The molecule has 1 aliphatic heterocycles. The number of hydrogen-bond donors (Lipinski definition) is 1. The van der Waals surface area contributed by atoms with E-state index in [4.69, 9.17) is 9.73 Å². The Kier molecular flexibility index (Phi) is 7.21. The van der Waals surface area contributed by atoms with Crippen molar-refractivity contribution in [1.82, 2.24) is 10.2 Å². The minimum Gasteiger partial charge on any atom is -0.385 e. The molecule has 4 heteroatoms. The SMILES string of the molecule is CCNC(=NCCCCCOC)N1CCC(C)(C)C1. The highest BCUT2D eigenvalue weighted by Crippen LogP contribution is 2.28. The monoisotopic (exact) mass is 269 g/mol. The van der Waals surface area contributed by atoms with E-state index in [2.05, 4.69) is 31.0 Å². The van der Waals surface area contributed by atoms with Crippen LogP contribution in [0.1, 0.15) is 46.5 Å². The minimum atomic E-state index is 0.425. The van der Waals surface area contributed by atoms with Crippen LogP contribution < -0.4 is 5.32 Å². The van der Waals surface area contributed by atoms with Gasteiger partial charge in [-0.3, -0.25) is 4.99 Å². The van der Waals surface area contributed by atoms with Gasteiger partial charge in [0.1, 0.15) is 0 Å². The van der Waals surface area contributed by atoms with Gasteiger partial charge in [-0.05, 0) is 38.0 Å². The second-order valence-corrected chi connectivity index (χ2v) is 6.12. The van der Waals surface area contributed by atoms with Crippen molar-refractivity contribution in [3.05, 3.63) is 0 Å². The van der Waals surface area contributed by atoms with Crippen LogP contribution in [0.4, 0.5) is 0 Å². The number of guanidine groups is 1. The van der Waals surface area contributed by atoms with Gasteiger partial charge in [-0.15, -0.1) is 0 Å². The summed E-state index contributed by atoms with van der Waals surface area (Å²) in [6.45, 7) is 11.8. The molecular formula is C15H31N3O. The second kappa shape index (κ2) is 8.41. The summed E-state index contributed by atoms with van der Waals surface area (Å²) < 4.78 is 5.06. The van der Waals surface area contributed by atoms with E-state index in [1.165, 1.54) is 12.8 Å². The Hall–Kier alpha value is -0.770. The Bertz CT molecular complexity index is 277. The molecule has 19 heavy (non-hydrogen) atoms. The zero-order valence-corrected chi connectivity index (χ0v) is 13.2. The molecular weight excluding hydrogens is 238 g/mol. The highest BCUT2D eigenvalue weighted by molar-refractivity contribution is 5.80. The summed E-state index contributed by atoms with van der Waals surface area (Å²) in [5.41, 5.74) is 0.425. The second-order valence-electron chi connectivity index (χ2n) is 6.12. The Balaban J connectivity index is 2.35. The summed E-state index contributed by atoms with van der Waals surface area (Å²) in [5.74, 6) is 1.10. The van der Waals surface area contributed by atoms with Crippen LogP contribution in [0.15, 0.2) is 4.99 Å². The van der Waals surface area contributed by atoms with E-state index in [-0.39, 0.29) is 0 Å². The average Bonchev–Trinajstić information content (AvgIpc) is 2.72. The van der Waals surface area contributed by atoms with E-state index >= 15 is 0 Å².